The highest BCUT2D eigenvalue weighted by atomic mass is 15.2. The van der Waals surface area contributed by atoms with Gasteiger partial charge in [0, 0.05) is 30.2 Å². The number of rotatable bonds is 2. The maximum Gasteiger partial charge on any atom is 0.223 e. The normalized spacial score (nSPS) is 26.6. The number of hydrogen-bond donors (Lipinski definition) is 1. The van der Waals surface area contributed by atoms with Gasteiger partial charge < -0.3 is 10.2 Å². The molecule has 4 rings (SSSR count). The van der Waals surface area contributed by atoms with Crippen LogP contribution in [-0.2, 0) is 0 Å². The molecule has 104 valence electrons. The highest BCUT2D eigenvalue weighted by Crippen LogP contribution is 2.28. The molecular formula is C16H20N4. The van der Waals surface area contributed by atoms with Crippen LogP contribution in [0.3, 0.4) is 0 Å². The Morgan fingerprint density at radius 1 is 1.15 bits per heavy atom. The van der Waals surface area contributed by atoms with E-state index in [4.69, 9.17) is 0 Å². The molecule has 2 aromatic rings. The number of aromatic nitrogens is 2. The quantitative estimate of drug-likeness (QED) is 0.909. The van der Waals surface area contributed by atoms with E-state index < -0.39 is 0 Å². The van der Waals surface area contributed by atoms with Gasteiger partial charge in [0.05, 0.1) is 5.52 Å². The second-order valence-electron chi connectivity index (χ2n) is 5.95. The highest BCUT2D eigenvalue weighted by molar-refractivity contribution is 5.78. The summed E-state index contributed by atoms with van der Waals surface area (Å²) in [6.45, 7) is 2.51. The standard InChI is InChI=1S/C16H20N4/c1-2-6-15-12(4-1)11-17-16(19-15)18-13-7-9-20-8-3-5-14(20)10-13/h1-2,4,6,11,13-14H,3,5,7-10H2,(H,17,18,19). The van der Waals surface area contributed by atoms with E-state index in [0.29, 0.717) is 6.04 Å². The summed E-state index contributed by atoms with van der Waals surface area (Å²) in [5, 5.41) is 4.64. The molecule has 1 N–H and O–H groups in total. The third kappa shape index (κ3) is 2.24. The first kappa shape index (κ1) is 12.1. The van der Waals surface area contributed by atoms with Crippen LogP contribution >= 0.6 is 0 Å². The molecule has 2 saturated heterocycles. The molecule has 0 bridgehead atoms. The van der Waals surface area contributed by atoms with Crippen molar-refractivity contribution < 1.29 is 0 Å². The summed E-state index contributed by atoms with van der Waals surface area (Å²) >= 11 is 0. The van der Waals surface area contributed by atoms with Crippen molar-refractivity contribution in [1.82, 2.24) is 14.9 Å². The van der Waals surface area contributed by atoms with E-state index in [0.717, 1.165) is 22.9 Å². The van der Waals surface area contributed by atoms with Crippen molar-refractivity contribution in [2.75, 3.05) is 18.4 Å². The minimum atomic E-state index is 0.524. The molecule has 4 nitrogen and oxygen atoms in total. The number of benzene rings is 1. The van der Waals surface area contributed by atoms with Crippen LogP contribution in [0.1, 0.15) is 25.7 Å². The molecule has 1 aromatic carbocycles. The van der Waals surface area contributed by atoms with Crippen molar-refractivity contribution in [3.8, 4) is 0 Å². The summed E-state index contributed by atoms with van der Waals surface area (Å²) in [6, 6.07) is 9.44. The lowest BCUT2D eigenvalue weighted by molar-refractivity contribution is 0.188. The Balaban J connectivity index is 1.49. The minimum absolute atomic E-state index is 0.524. The molecule has 4 heteroatoms. The smallest absolute Gasteiger partial charge is 0.223 e. The van der Waals surface area contributed by atoms with E-state index in [1.54, 1.807) is 0 Å². The van der Waals surface area contributed by atoms with E-state index in [2.05, 4.69) is 26.3 Å². The van der Waals surface area contributed by atoms with E-state index in [1.165, 1.54) is 38.8 Å². The van der Waals surface area contributed by atoms with Gasteiger partial charge in [-0.15, -0.1) is 0 Å². The number of piperidine rings is 1. The predicted octanol–water partition coefficient (Wildman–Crippen LogP) is 2.67. The zero-order valence-electron chi connectivity index (χ0n) is 11.6. The molecule has 2 unspecified atom stereocenters. The van der Waals surface area contributed by atoms with E-state index >= 15 is 0 Å². The maximum atomic E-state index is 4.62. The van der Waals surface area contributed by atoms with E-state index in [9.17, 15) is 0 Å². The van der Waals surface area contributed by atoms with Gasteiger partial charge in [-0.2, -0.15) is 0 Å². The Morgan fingerprint density at radius 3 is 3.10 bits per heavy atom. The van der Waals surface area contributed by atoms with E-state index in [-0.39, 0.29) is 0 Å². The van der Waals surface area contributed by atoms with Crippen LogP contribution < -0.4 is 5.32 Å². The predicted molar refractivity (Wildman–Crippen MR) is 80.8 cm³/mol. The van der Waals surface area contributed by atoms with E-state index in [1.807, 2.05) is 24.4 Å². The van der Waals surface area contributed by atoms with Crippen LogP contribution in [0.25, 0.3) is 10.9 Å². The van der Waals surface area contributed by atoms with Crippen molar-refractivity contribution >= 4 is 16.9 Å². The molecule has 2 fully saturated rings. The molecule has 3 heterocycles. The number of anilines is 1. The van der Waals surface area contributed by atoms with Gasteiger partial charge in [-0.25, -0.2) is 9.97 Å². The number of para-hydroxylation sites is 1. The highest BCUT2D eigenvalue weighted by Gasteiger charge is 2.31. The van der Waals surface area contributed by atoms with Gasteiger partial charge in [0.25, 0.3) is 0 Å². The third-order valence-electron chi connectivity index (χ3n) is 4.64. The lowest BCUT2D eigenvalue weighted by atomic mass is 9.98. The molecule has 0 amide bonds. The minimum Gasteiger partial charge on any atom is -0.351 e. The van der Waals surface area contributed by atoms with Crippen LogP contribution in [0.15, 0.2) is 30.5 Å². The van der Waals surface area contributed by atoms with Crippen molar-refractivity contribution in [3.63, 3.8) is 0 Å². The third-order valence-corrected chi connectivity index (χ3v) is 4.64. The lowest BCUT2D eigenvalue weighted by Crippen LogP contribution is -2.42. The van der Waals surface area contributed by atoms with Gasteiger partial charge in [0.2, 0.25) is 5.95 Å². The Labute approximate surface area is 119 Å². The van der Waals surface area contributed by atoms with Crippen LogP contribution in [-0.4, -0.2) is 40.0 Å². The maximum absolute atomic E-state index is 4.62. The van der Waals surface area contributed by atoms with Gasteiger partial charge in [-0.05, 0) is 38.3 Å². The molecule has 2 aliphatic heterocycles. The van der Waals surface area contributed by atoms with Crippen molar-refractivity contribution in [1.29, 1.82) is 0 Å². The fourth-order valence-electron chi connectivity index (χ4n) is 3.58. The summed E-state index contributed by atoms with van der Waals surface area (Å²) < 4.78 is 0. The second kappa shape index (κ2) is 5.02. The summed E-state index contributed by atoms with van der Waals surface area (Å²) in [5.41, 5.74) is 1.02. The molecule has 2 atom stereocenters. The fraction of sp³-hybridized carbons (Fsp3) is 0.500. The molecule has 0 aliphatic carbocycles. The summed E-state index contributed by atoms with van der Waals surface area (Å²) in [5.74, 6) is 0.778. The second-order valence-corrected chi connectivity index (χ2v) is 5.95. The number of fused-ring (bicyclic) bond motifs is 2. The topological polar surface area (TPSA) is 41.1 Å². The molecule has 0 spiro atoms. The zero-order chi connectivity index (χ0) is 13.4. The van der Waals surface area contributed by atoms with Crippen molar-refractivity contribution in [2.45, 2.75) is 37.8 Å². The Bertz CT molecular complexity index is 612. The van der Waals surface area contributed by atoms with Gasteiger partial charge in [-0.3, -0.25) is 0 Å². The largest absolute Gasteiger partial charge is 0.351 e. The number of nitrogens with one attached hydrogen (secondary N) is 1. The average Bonchev–Trinajstić information content (AvgIpc) is 2.95. The first-order valence-electron chi connectivity index (χ1n) is 7.61. The zero-order valence-corrected chi connectivity index (χ0v) is 11.6. The van der Waals surface area contributed by atoms with Gasteiger partial charge in [0.1, 0.15) is 0 Å². The molecule has 0 radical (unpaired) electrons. The summed E-state index contributed by atoms with van der Waals surface area (Å²) in [4.78, 5) is 11.7. The SMILES string of the molecule is c1ccc2nc(NC3CCN4CCCC4C3)ncc2c1. The van der Waals surface area contributed by atoms with Crippen molar-refractivity contribution in [2.24, 2.45) is 0 Å². The van der Waals surface area contributed by atoms with Gasteiger partial charge in [0.15, 0.2) is 0 Å². The lowest BCUT2D eigenvalue weighted by Gasteiger charge is -2.35. The molecular weight excluding hydrogens is 248 g/mol. The number of nitrogens with zero attached hydrogens (tertiary/aromatic N) is 3. The molecule has 2 aliphatic rings. The van der Waals surface area contributed by atoms with Crippen LogP contribution in [0.5, 0.6) is 0 Å². The number of hydrogen-bond acceptors (Lipinski definition) is 4. The monoisotopic (exact) mass is 268 g/mol. The average molecular weight is 268 g/mol. The first-order valence-corrected chi connectivity index (χ1v) is 7.61. The first-order chi connectivity index (χ1) is 9.88. The molecule has 1 aromatic heterocycles. The van der Waals surface area contributed by atoms with Gasteiger partial charge >= 0.3 is 0 Å². The Morgan fingerprint density at radius 2 is 2.10 bits per heavy atom. The van der Waals surface area contributed by atoms with Crippen LogP contribution in [0.4, 0.5) is 5.95 Å². The Hall–Kier alpha value is -1.68. The Kier molecular flexibility index (Phi) is 3.03. The molecule has 20 heavy (non-hydrogen) atoms. The van der Waals surface area contributed by atoms with Gasteiger partial charge in [-0.1, -0.05) is 18.2 Å². The fourth-order valence-corrected chi connectivity index (χ4v) is 3.58. The van der Waals surface area contributed by atoms with Crippen LogP contribution in [0, 0.1) is 0 Å². The van der Waals surface area contributed by atoms with Crippen molar-refractivity contribution in [3.05, 3.63) is 30.5 Å². The summed E-state index contributed by atoms with van der Waals surface area (Å²) in [7, 11) is 0. The molecule has 0 saturated carbocycles. The summed E-state index contributed by atoms with van der Waals surface area (Å²) in [6.07, 6.45) is 7.07. The van der Waals surface area contributed by atoms with Crippen LogP contribution in [0.2, 0.25) is 0 Å².